The fourth-order valence-corrected chi connectivity index (χ4v) is 2.47. The highest BCUT2D eigenvalue weighted by Gasteiger charge is 2.16. The van der Waals surface area contributed by atoms with Crippen LogP contribution in [0, 0.1) is 0 Å². The number of nitrogens with zero attached hydrogens (tertiary/aromatic N) is 3. The fourth-order valence-electron chi connectivity index (χ4n) is 1.57. The maximum absolute atomic E-state index is 11.9. The smallest absolute Gasteiger partial charge is 0.242 e. The summed E-state index contributed by atoms with van der Waals surface area (Å²) in [6.45, 7) is 0.558. The Morgan fingerprint density at radius 1 is 1.15 bits per heavy atom. The van der Waals surface area contributed by atoms with Crippen LogP contribution in [-0.2, 0) is 16.6 Å². The quantitative estimate of drug-likeness (QED) is 0.900. The minimum Gasteiger partial charge on any atom is -0.379 e. The molecule has 1 aromatic carbocycles. The molecule has 0 saturated carbocycles. The van der Waals surface area contributed by atoms with E-state index in [1.165, 1.54) is 24.7 Å². The zero-order valence-electron chi connectivity index (χ0n) is 11.3. The van der Waals surface area contributed by atoms with E-state index < -0.39 is 10.0 Å². The molecule has 1 heterocycles. The van der Waals surface area contributed by atoms with E-state index in [-0.39, 0.29) is 4.90 Å². The summed E-state index contributed by atoms with van der Waals surface area (Å²) in [5.74, 6) is 0. The zero-order valence-corrected chi connectivity index (χ0v) is 12.1. The van der Waals surface area contributed by atoms with Crippen molar-refractivity contribution >= 4 is 15.7 Å². The second kappa shape index (κ2) is 5.98. The van der Waals surface area contributed by atoms with E-state index in [0.717, 1.165) is 11.4 Å². The van der Waals surface area contributed by atoms with Crippen LogP contribution in [0.3, 0.4) is 0 Å². The van der Waals surface area contributed by atoms with Crippen molar-refractivity contribution in [3.05, 3.63) is 48.5 Å². The third-order valence-corrected chi connectivity index (χ3v) is 4.58. The Morgan fingerprint density at radius 2 is 1.85 bits per heavy atom. The molecule has 2 aromatic rings. The number of aromatic nitrogens is 2. The summed E-state index contributed by atoms with van der Waals surface area (Å²) in [4.78, 5) is 8.22. The molecule has 0 unspecified atom stereocenters. The highest BCUT2D eigenvalue weighted by atomic mass is 32.2. The van der Waals surface area contributed by atoms with E-state index in [1.807, 2.05) is 6.07 Å². The van der Waals surface area contributed by atoms with E-state index >= 15 is 0 Å². The molecule has 7 heteroatoms. The maximum Gasteiger partial charge on any atom is 0.242 e. The van der Waals surface area contributed by atoms with Gasteiger partial charge in [-0.25, -0.2) is 22.7 Å². The van der Waals surface area contributed by atoms with Gasteiger partial charge < -0.3 is 5.32 Å². The molecule has 6 nitrogen and oxygen atoms in total. The molecule has 2 rings (SSSR count). The molecule has 0 radical (unpaired) electrons. The van der Waals surface area contributed by atoms with Crippen LogP contribution in [0.2, 0.25) is 0 Å². The maximum atomic E-state index is 11.9. The number of sulfonamides is 1. The van der Waals surface area contributed by atoms with Crippen LogP contribution in [0.5, 0.6) is 0 Å². The Kier molecular flexibility index (Phi) is 4.31. The van der Waals surface area contributed by atoms with E-state index in [1.54, 1.807) is 30.5 Å². The predicted octanol–water partition coefficient (Wildman–Crippen LogP) is 1.34. The van der Waals surface area contributed by atoms with Gasteiger partial charge in [-0.3, -0.25) is 0 Å². The van der Waals surface area contributed by atoms with Gasteiger partial charge >= 0.3 is 0 Å². The van der Waals surface area contributed by atoms with Crippen LogP contribution >= 0.6 is 0 Å². The van der Waals surface area contributed by atoms with Crippen molar-refractivity contribution in [1.82, 2.24) is 14.3 Å². The lowest BCUT2D eigenvalue weighted by Gasteiger charge is -2.12. The second-order valence-electron chi connectivity index (χ2n) is 4.37. The van der Waals surface area contributed by atoms with Gasteiger partial charge in [0.05, 0.1) is 17.1 Å². The second-order valence-corrected chi connectivity index (χ2v) is 6.52. The summed E-state index contributed by atoms with van der Waals surface area (Å²) < 4.78 is 25.0. The Hall–Kier alpha value is -1.99. The molecule has 0 aliphatic heterocycles. The topological polar surface area (TPSA) is 75.2 Å². The molecule has 0 aliphatic rings. The first kappa shape index (κ1) is 14.4. The lowest BCUT2D eigenvalue weighted by molar-refractivity contribution is 0.521. The molecular weight excluding hydrogens is 276 g/mol. The lowest BCUT2D eigenvalue weighted by atomic mass is 10.3. The van der Waals surface area contributed by atoms with Gasteiger partial charge in [-0.05, 0) is 30.3 Å². The van der Waals surface area contributed by atoms with Crippen molar-refractivity contribution in [3.8, 4) is 0 Å². The Balaban J connectivity index is 2.06. The van der Waals surface area contributed by atoms with Crippen molar-refractivity contribution in [1.29, 1.82) is 0 Å². The minimum atomic E-state index is -3.38. The van der Waals surface area contributed by atoms with E-state index in [2.05, 4.69) is 15.3 Å². The van der Waals surface area contributed by atoms with Crippen molar-refractivity contribution < 1.29 is 8.42 Å². The first-order valence-corrected chi connectivity index (χ1v) is 7.45. The van der Waals surface area contributed by atoms with Crippen molar-refractivity contribution in [2.45, 2.75) is 11.4 Å². The van der Waals surface area contributed by atoms with Gasteiger partial charge in [-0.1, -0.05) is 0 Å². The van der Waals surface area contributed by atoms with Gasteiger partial charge in [0.15, 0.2) is 0 Å². The lowest BCUT2D eigenvalue weighted by Crippen LogP contribution is -2.22. The highest BCUT2D eigenvalue weighted by molar-refractivity contribution is 7.89. The monoisotopic (exact) mass is 292 g/mol. The largest absolute Gasteiger partial charge is 0.379 e. The van der Waals surface area contributed by atoms with Crippen molar-refractivity contribution in [3.63, 3.8) is 0 Å². The predicted molar refractivity (Wildman–Crippen MR) is 76.7 cm³/mol. The Bertz CT molecular complexity index is 655. The number of nitrogens with one attached hydrogen (secondary N) is 1. The molecule has 0 spiro atoms. The molecule has 0 fully saturated rings. The fraction of sp³-hybridized carbons (Fsp3) is 0.231. The zero-order chi connectivity index (χ0) is 14.6. The normalized spacial score (nSPS) is 11.6. The minimum absolute atomic E-state index is 0.273. The molecule has 20 heavy (non-hydrogen) atoms. The SMILES string of the molecule is CN(C)S(=O)(=O)c1ccc(NCc2ccncn2)cc1. The van der Waals surface area contributed by atoms with Crippen molar-refractivity contribution in [2.75, 3.05) is 19.4 Å². The van der Waals surface area contributed by atoms with Gasteiger partial charge in [0.25, 0.3) is 0 Å². The summed E-state index contributed by atoms with van der Waals surface area (Å²) in [7, 11) is -0.355. The number of anilines is 1. The molecule has 0 atom stereocenters. The molecule has 0 saturated heterocycles. The molecule has 0 amide bonds. The van der Waals surface area contributed by atoms with Gasteiger partial charge in [0.2, 0.25) is 10.0 Å². The Labute approximate surface area is 118 Å². The molecule has 0 aliphatic carbocycles. The molecular formula is C13H16N4O2S. The average Bonchev–Trinajstić information content (AvgIpc) is 2.46. The van der Waals surface area contributed by atoms with Gasteiger partial charge in [-0.15, -0.1) is 0 Å². The first-order chi connectivity index (χ1) is 9.50. The van der Waals surface area contributed by atoms with E-state index in [4.69, 9.17) is 0 Å². The Morgan fingerprint density at radius 3 is 2.40 bits per heavy atom. The molecule has 1 N–H and O–H groups in total. The summed E-state index contributed by atoms with van der Waals surface area (Å²) in [5.41, 5.74) is 1.70. The number of benzene rings is 1. The van der Waals surface area contributed by atoms with Crippen LogP contribution in [0.15, 0.2) is 47.8 Å². The van der Waals surface area contributed by atoms with Crippen LogP contribution in [-0.4, -0.2) is 36.8 Å². The van der Waals surface area contributed by atoms with Crippen molar-refractivity contribution in [2.24, 2.45) is 0 Å². The van der Waals surface area contributed by atoms with Crippen LogP contribution in [0.4, 0.5) is 5.69 Å². The van der Waals surface area contributed by atoms with Crippen LogP contribution in [0.25, 0.3) is 0 Å². The summed E-state index contributed by atoms with van der Waals surface area (Å²) >= 11 is 0. The van der Waals surface area contributed by atoms with Gasteiger partial charge in [-0.2, -0.15) is 0 Å². The van der Waals surface area contributed by atoms with Gasteiger partial charge in [0.1, 0.15) is 6.33 Å². The number of hydrogen-bond acceptors (Lipinski definition) is 5. The molecule has 1 aromatic heterocycles. The molecule has 106 valence electrons. The summed E-state index contributed by atoms with van der Waals surface area (Å²) in [5, 5.41) is 3.17. The highest BCUT2D eigenvalue weighted by Crippen LogP contribution is 2.16. The summed E-state index contributed by atoms with van der Waals surface area (Å²) in [6, 6.07) is 8.45. The average molecular weight is 292 g/mol. The third-order valence-electron chi connectivity index (χ3n) is 2.75. The first-order valence-electron chi connectivity index (χ1n) is 6.01. The van der Waals surface area contributed by atoms with E-state index in [9.17, 15) is 8.42 Å². The van der Waals surface area contributed by atoms with Gasteiger partial charge in [0, 0.05) is 26.0 Å². The van der Waals surface area contributed by atoms with Crippen LogP contribution in [0.1, 0.15) is 5.69 Å². The standard InChI is InChI=1S/C13H16N4O2S/c1-17(2)20(18,19)13-5-3-11(4-6-13)15-9-12-7-8-14-10-16-12/h3-8,10,15H,9H2,1-2H3. The van der Waals surface area contributed by atoms with E-state index in [0.29, 0.717) is 6.54 Å². The summed E-state index contributed by atoms with van der Waals surface area (Å²) in [6.07, 6.45) is 3.17. The van der Waals surface area contributed by atoms with Crippen LogP contribution < -0.4 is 5.32 Å². The number of hydrogen-bond donors (Lipinski definition) is 1. The number of rotatable bonds is 5. The third kappa shape index (κ3) is 3.31. The molecule has 0 bridgehead atoms.